The van der Waals surface area contributed by atoms with Crippen molar-refractivity contribution in [3.63, 3.8) is 0 Å². The van der Waals surface area contributed by atoms with Gasteiger partial charge in [0, 0.05) is 6.04 Å². The molecule has 0 saturated heterocycles. The Bertz CT molecular complexity index is 1190. The zero-order valence-electron chi connectivity index (χ0n) is 23.7. The molecule has 3 amide bonds. The summed E-state index contributed by atoms with van der Waals surface area (Å²) in [5, 5.41) is 16.3. The van der Waals surface area contributed by atoms with E-state index < -0.39 is 29.7 Å². The van der Waals surface area contributed by atoms with E-state index >= 15 is 0 Å². The quantitative estimate of drug-likeness (QED) is 0.340. The summed E-state index contributed by atoms with van der Waals surface area (Å²) in [6, 6.07) is 9.42. The molecule has 2 aromatic rings. The Morgan fingerprint density at radius 3 is 2.33 bits per heavy atom. The maximum Gasteiger partial charge on any atom is 0.408 e. The molecule has 2 aromatic carbocycles. The maximum atomic E-state index is 14.3. The van der Waals surface area contributed by atoms with E-state index in [0.717, 1.165) is 5.56 Å². The number of hydrogen-bond acceptors (Lipinski definition) is 5. The number of alkyl carbamates (subject to hydrolysis) is 1. The molecule has 3 N–H and O–H groups in total. The number of nitrogens with one attached hydrogen (secondary N) is 2. The lowest BCUT2D eigenvalue weighted by Crippen LogP contribution is -2.53. The van der Waals surface area contributed by atoms with Crippen LogP contribution in [-0.2, 0) is 14.3 Å². The number of carbonyl (C=O) groups is 3. The monoisotopic (exact) mass is 557 g/mol. The lowest BCUT2D eigenvalue weighted by atomic mass is 9.98. The van der Waals surface area contributed by atoms with Gasteiger partial charge in [0.2, 0.25) is 5.91 Å². The van der Waals surface area contributed by atoms with Crippen LogP contribution < -0.4 is 10.6 Å². The standard InChI is InChI=1S/C30H40ClN3O5/c1-17(2)14-23(32-29(38)39-30(5,6)7)28(37)34(24-15-19(24)4)26(20-11-9-12-21(35)16-20)27(36)33-25-18(3)10-8-13-22(25)31/h8-13,16-17,19,23-24,26,35H,14-15H2,1-7H3,(H,32,38)(H,33,36). The molecule has 39 heavy (non-hydrogen) atoms. The van der Waals surface area contributed by atoms with Crippen LogP contribution in [0, 0.1) is 18.8 Å². The van der Waals surface area contributed by atoms with E-state index in [1.807, 2.05) is 33.8 Å². The molecule has 0 aliphatic heterocycles. The van der Waals surface area contributed by atoms with Gasteiger partial charge in [0.1, 0.15) is 23.4 Å². The third kappa shape index (κ3) is 8.12. The number of aryl methyl sites for hydroxylation is 1. The highest BCUT2D eigenvalue weighted by molar-refractivity contribution is 6.34. The second-order valence-electron chi connectivity index (χ2n) is 11.8. The minimum absolute atomic E-state index is 0.0268. The number of para-hydroxylation sites is 1. The molecule has 4 atom stereocenters. The highest BCUT2D eigenvalue weighted by Gasteiger charge is 2.48. The van der Waals surface area contributed by atoms with Crippen molar-refractivity contribution in [3.8, 4) is 5.75 Å². The Labute approximate surface area is 236 Å². The number of benzene rings is 2. The van der Waals surface area contributed by atoms with Crippen molar-refractivity contribution in [1.82, 2.24) is 10.2 Å². The lowest BCUT2D eigenvalue weighted by Gasteiger charge is -2.35. The van der Waals surface area contributed by atoms with Crippen LogP contribution in [0.4, 0.5) is 10.5 Å². The summed E-state index contributed by atoms with van der Waals surface area (Å²) < 4.78 is 5.44. The molecule has 3 rings (SSSR count). The summed E-state index contributed by atoms with van der Waals surface area (Å²) in [6.45, 7) is 13.0. The molecular weight excluding hydrogens is 518 g/mol. The van der Waals surface area contributed by atoms with Gasteiger partial charge in [-0.05, 0) is 81.7 Å². The SMILES string of the molecule is Cc1cccc(Cl)c1NC(=O)C(c1cccc(O)c1)N(C(=O)C(CC(C)C)NC(=O)OC(C)(C)C)C1CC1C. The molecule has 212 valence electrons. The first-order chi connectivity index (χ1) is 18.2. The minimum Gasteiger partial charge on any atom is -0.508 e. The normalized spacial score (nSPS) is 18.2. The molecule has 1 saturated carbocycles. The largest absolute Gasteiger partial charge is 0.508 e. The fraction of sp³-hybridized carbons (Fsp3) is 0.500. The first-order valence-electron chi connectivity index (χ1n) is 13.3. The summed E-state index contributed by atoms with van der Waals surface area (Å²) in [5.74, 6) is -0.648. The van der Waals surface area contributed by atoms with Crippen LogP contribution in [0.5, 0.6) is 5.75 Å². The number of phenolic OH excluding ortho intramolecular Hbond substituents is 1. The third-order valence-corrected chi connectivity index (χ3v) is 6.87. The van der Waals surface area contributed by atoms with Crippen molar-refractivity contribution in [1.29, 1.82) is 0 Å². The van der Waals surface area contributed by atoms with Gasteiger partial charge in [-0.2, -0.15) is 0 Å². The highest BCUT2D eigenvalue weighted by Crippen LogP contribution is 2.42. The Morgan fingerprint density at radius 1 is 1.15 bits per heavy atom. The molecule has 0 bridgehead atoms. The number of rotatable bonds is 9. The zero-order chi connectivity index (χ0) is 29.1. The van der Waals surface area contributed by atoms with E-state index in [-0.39, 0.29) is 29.5 Å². The molecule has 1 fully saturated rings. The number of phenols is 1. The predicted octanol–water partition coefficient (Wildman–Crippen LogP) is 6.21. The fourth-order valence-electron chi connectivity index (χ4n) is 4.61. The topological polar surface area (TPSA) is 108 Å². The first kappa shape index (κ1) is 30.3. The fourth-order valence-corrected chi connectivity index (χ4v) is 4.88. The van der Waals surface area contributed by atoms with Crippen molar-refractivity contribution in [2.75, 3.05) is 5.32 Å². The molecule has 1 aliphatic rings. The maximum absolute atomic E-state index is 14.3. The molecule has 9 heteroatoms. The average molecular weight is 558 g/mol. The van der Waals surface area contributed by atoms with Gasteiger partial charge < -0.3 is 25.4 Å². The van der Waals surface area contributed by atoms with Crippen molar-refractivity contribution < 1.29 is 24.2 Å². The lowest BCUT2D eigenvalue weighted by molar-refractivity contribution is -0.142. The Kier molecular flexibility index (Phi) is 9.54. The highest BCUT2D eigenvalue weighted by atomic mass is 35.5. The zero-order valence-corrected chi connectivity index (χ0v) is 24.5. The van der Waals surface area contributed by atoms with Gasteiger partial charge in [0.05, 0.1) is 10.7 Å². The van der Waals surface area contributed by atoms with Gasteiger partial charge in [-0.15, -0.1) is 0 Å². The summed E-state index contributed by atoms with van der Waals surface area (Å²) >= 11 is 6.41. The predicted molar refractivity (Wildman–Crippen MR) is 153 cm³/mol. The molecule has 1 aliphatic carbocycles. The smallest absolute Gasteiger partial charge is 0.408 e. The average Bonchev–Trinajstić information content (AvgIpc) is 3.53. The molecule has 0 radical (unpaired) electrons. The van der Waals surface area contributed by atoms with Crippen LogP contribution in [0.3, 0.4) is 0 Å². The van der Waals surface area contributed by atoms with E-state index in [2.05, 4.69) is 10.6 Å². The summed E-state index contributed by atoms with van der Waals surface area (Å²) in [7, 11) is 0. The van der Waals surface area contributed by atoms with Gasteiger partial charge in [0.25, 0.3) is 5.91 Å². The number of aromatic hydroxyl groups is 1. The number of hydrogen-bond donors (Lipinski definition) is 3. The molecular formula is C30H40ClN3O5. The van der Waals surface area contributed by atoms with Gasteiger partial charge in [0.15, 0.2) is 0 Å². The number of nitrogens with zero attached hydrogens (tertiary/aromatic N) is 1. The molecule has 0 aromatic heterocycles. The summed E-state index contributed by atoms with van der Waals surface area (Å²) in [6.07, 6.45) is 0.365. The second kappa shape index (κ2) is 12.3. The van der Waals surface area contributed by atoms with Gasteiger partial charge in [-0.3, -0.25) is 9.59 Å². The van der Waals surface area contributed by atoms with Crippen molar-refractivity contribution >= 4 is 35.2 Å². The van der Waals surface area contributed by atoms with E-state index in [1.165, 1.54) is 12.1 Å². The third-order valence-electron chi connectivity index (χ3n) is 6.56. The van der Waals surface area contributed by atoms with Crippen molar-refractivity contribution in [3.05, 3.63) is 58.6 Å². The van der Waals surface area contributed by atoms with Gasteiger partial charge in [-0.25, -0.2) is 4.79 Å². The second-order valence-corrected chi connectivity index (χ2v) is 12.2. The molecule has 4 unspecified atom stereocenters. The number of ether oxygens (including phenoxy) is 1. The number of carbonyl (C=O) groups excluding carboxylic acids is 3. The van der Waals surface area contributed by atoms with E-state index in [0.29, 0.717) is 29.1 Å². The Balaban J connectivity index is 2.05. The Hall–Kier alpha value is -3.26. The van der Waals surface area contributed by atoms with E-state index in [1.54, 1.807) is 49.9 Å². The van der Waals surface area contributed by atoms with E-state index in [4.69, 9.17) is 16.3 Å². The minimum atomic E-state index is -1.08. The summed E-state index contributed by atoms with van der Waals surface area (Å²) in [5.41, 5.74) is 0.936. The molecule has 0 spiro atoms. The number of anilines is 1. The first-order valence-corrected chi connectivity index (χ1v) is 13.7. The molecule has 0 heterocycles. The number of amides is 3. The van der Waals surface area contributed by atoms with E-state index in [9.17, 15) is 19.5 Å². The van der Waals surface area contributed by atoms with Crippen molar-refractivity contribution in [2.24, 2.45) is 11.8 Å². The van der Waals surface area contributed by atoms with Gasteiger partial charge in [-0.1, -0.05) is 56.6 Å². The Morgan fingerprint density at radius 2 is 1.79 bits per heavy atom. The van der Waals surface area contributed by atoms with Crippen LogP contribution in [0.15, 0.2) is 42.5 Å². The van der Waals surface area contributed by atoms with Crippen molar-refractivity contribution in [2.45, 2.75) is 85.0 Å². The van der Waals surface area contributed by atoms with Gasteiger partial charge >= 0.3 is 6.09 Å². The number of halogens is 1. The van der Waals surface area contributed by atoms with Crippen LogP contribution in [0.25, 0.3) is 0 Å². The van der Waals surface area contributed by atoms with Crippen LogP contribution in [0.1, 0.15) is 71.6 Å². The summed E-state index contributed by atoms with van der Waals surface area (Å²) in [4.78, 5) is 42.6. The van der Waals surface area contributed by atoms with Crippen LogP contribution >= 0.6 is 11.6 Å². The van der Waals surface area contributed by atoms with Crippen LogP contribution in [0.2, 0.25) is 5.02 Å². The van der Waals surface area contributed by atoms with Crippen LogP contribution in [-0.4, -0.2) is 45.6 Å². The molecule has 8 nitrogen and oxygen atoms in total.